The third-order valence-electron chi connectivity index (χ3n) is 6.77. The van der Waals surface area contributed by atoms with Gasteiger partial charge in [-0.15, -0.1) is 0 Å². The van der Waals surface area contributed by atoms with Crippen LogP contribution in [0.1, 0.15) is 52.9 Å². The molecule has 0 aromatic heterocycles. The monoisotopic (exact) mass is 349 g/mol. The Hall–Kier alpha value is -1.92. The smallest absolute Gasteiger partial charge is 0.311 e. The normalized spacial score (nSPS) is 34.7. The number of hydrogen-bond donors (Lipinski definition) is 2. The van der Waals surface area contributed by atoms with Gasteiger partial charge in [-0.3, -0.25) is 14.4 Å². The van der Waals surface area contributed by atoms with E-state index in [0.29, 0.717) is 18.8 Å². The molecule has 1 saturated heterocycles. The second kappa shape index (κ2) is 6.42. The first-order valence-corrected chi connectivity index (χ1v) is 9.03. The average molecular weight is 349 g/mol. The highest BCUT2D eigenvalue weighted by atomic mass is 16.5. The van der Waals surface area contributed by atoms with Crippen molar-refractivity contribution in [2.24, 2.45) is 27.8 Å². The van der Waals surface area contributed by atoms with Crippen LogP contribution in [-0.4, -0.2) is 36.6 Å². The van der Waals surface area contributed by atoms with Gasteiger partial charge in [0, 0.05) is 24.1 Å². The summed E-state index contributed by atoms with van der Waals surface area (Å²) in [5, 5.41) is 6.97. The highest BCUT2D eigenvalue weighted by Crippen LogP contribution is 2.63. The van der Waals surface area contributed by atoms with Gasteiger partial charge >= 0.3 is 5.97 Å². The summed E-state index contributed by atoms with van der Waals surface area (Å²) < 4.78 is 5.05. The van der Waals surface area contributed by atoms with Gasteiger partial charge in [-0.05, 0) is 37.0 Å². The molecule has 7 nitrogen and oxygen atoms in total. The molecule has 0 aromatic rings. The van der Waals surface area contributed by atoms with Gasteiger partial charge in [-0.1, -0.05) is 20.8 Å². The Bertz CT molecular complexity index is 618. The molecular weight excluding hydrogens is 322 g/mol. The maximum absolute atomic E-state index is 11.9. The predicted octanol–water partition coefficient (Wildman–Crippen LogP) is 1.37. The third-order valence-corrected chi connectivity index (χ3v) is 6.77. The van der Waals surface area contributed by atoms with Gasteiger partial charge < -0.3 is 10.1 Å². The molecule has 0 unspecified atom stereocenters. The van der Waals surface area contributed by atoms with Crippen molar-refractivity contribution in [2.45, 2.75) is 52.9 Å². The Morgan fingerprint density at radius 1 is 1.32 bits per heavy atom. The molecule has 2 bridgehead atoms. The van der Waals surface area contributed by atoms with Crippen LogP contribution in [0.15, 0.2) is 5.10 Å². The zero-order valence-electron chi connectivity index (χ0n) is 15.2. The lowest BCUT2D eigenvalue weighted by Gasteiger charge is -2.34. The number of amides is 2. The Balaban J connectivity index is 1.47. The van der Waals surface area contributed by atoms with Crippen molar-refractivity contribution in [3.63, 3.8) is 0 Å². The maximum atomic E-state index is 11.9. The van der Waals surface area contributed by atoms with E-state index in [1.165, 1.54) is 6.42 Å². The molecule has 7 heteroatoms. The summed E-state index contributed by atoms with van der Waals surface area (Å²) in [5.41, 5.74) is 3.82. The van der Waals surface area contributed by atoms with Crippen molar-refractivity contribution in [1.29, 1.82) is 0 Å². The number of piperidine rings is 1. The fourth-order valence-electron chi connectivity index (χ4n) is 4.45. The molecular formula is C18H27N3O4. The number of hydrogen-bond acceptors (Lipinski definition) is 5. The first-order chi connectivity index (χ1) is 11.7. The van der Waals surface area contributed by atoms with Gasteiger partial charge in [0.25, 0.3) is 5.91 Å². The number of rotatable bonds is 4. The number of ether oxygens (including phenoxy) is 1. The van der Waals surface area contributed by atoms with E-state index < -0.39 is 11.9 Å². The molecule has 3 atom stereocenters. The Kier molecular flexibility index (Phi) is 4.60. The number of carbonyl (C=O) groups is 3. The van der Waals surface area contributed by atoms with Crippen LogP contribution in [0.2, 0.25) is 0 Å². The number of fused-ring (bicyclic) bond motifs is 2. The minimum Gasteiger partial charge on any atom is -0.455 e. The molecule has 0 spiro atoms. The van der Waals surface area contributed by atoms with Crippen molar-refractivity contribution < 1.29 is 19.1 Å². The summed E-state index contributed by atoms with van der Waals surface area (Å²) >= 11 is 0. The average Bonchev–Trinajstić information content (AvgIpc) is 2.91. The SMILES string of the molecule is CC1(C)[C@H]2CC[C@]1(C)C(=NNC(=O)COC(=O)[C@H]1CCC(=O)NC1)C2. The van der Waals surface area contributed by atoms with Gasteiger partial charge in [-0.2, -0.15) is 5.10 Å². The fraction of sp³-hybridized carbons (Fsp3) is 0.778. The zero-order chi connectivity index (χ0) is 18.2. The van der Waals surface area contributed by atoms with Crippen molar-refractivity contribution in [2.75, 3.05) is 13.2 Å². The van der Waals surface area contributed by atoms with Gasteiger partial charge in [0.15, 0.2) is 6.61 Å². The highest BCUT2D eigenvalue weighted by Gasteiger charge is 2.60. The lowest BCUT2D eigenvalue weighted by molar-refractivity contribution is -0.153. The topological polar surface area (TPSA) is 96.9 Å². The lowest BCUT2D eigenvalue weighted by atomic mass is 9.70. The van der Waals surface area contributed by atoms with E-state index in [1.807, 2.05) is 0 Å². The Morgan fingerprint density at radius 2 is 2.08 bits per heavy atom. The molecule has 3 fully saturated rings. The highest BCUT2D eigenvalue weighted by molar-refractivity contribution is 5.95. The van der Waals surface area contributed by atoms with Crippen LogP contribution < -0.4 is 10.7 Å². The minimum absolute atomic E-state index is 0.0297. The summed E-state index contributed by atoms with van der Waals surface area (Å²) in [5.74, 6) is -0.685. The maximum Gasteiger partial charge on any atom is 0.311 e. The van der Waals surface area contributed by atoms with Crippen LogP contribution in [0.3, 0.4) is 0 Å². The number of carbonyl (C=O) groups excluding carboxylic acids is 3. The van der Waals surface area contributed by atoms with Crippen LogP contribution in [-0.2, 0) is 19.1 Å². The van der Waals surface area contributed by atoms with Crippen molar-refractivity contribution in [3.8, 4) is 0 Å². The van der Waals surface area contributed by atoms with Crippen LogP contribution >= 0.6 is 0 Å². The number of nitrogens with zero attached hydrogens (tertiary/aromatic N) is 1. The number of hydrazone groups is 1. The first kappa shape index (κ1) is 17.9. The second-order valence-corrected chi connectivity index (χ2v) is 8.23. The Labute approximate surface area is 147 Å². The molecule has 2 amide bonds. The summed E-state index contributed by atoms with van der Waals surface area (Å²) in [4.78, 5) is 35.0. The molecule has 3 rings (SSSR count). The van der Waals surface area contributed by atoms with Gasteiger partial charge in [-0.25, -0.2) is 5.43 Å². The second-order valence-electron chi connectivity index (χ2n) is 8.23. The van der Waals surface area contributed by atoms with Crippen LogP contribution in [0.5, 0.6) is 0 Å². The number of esters is 1. The molecule has 1 heterocycles. The van der Waals surface area contributed by atoms with E-state index in [2.05, 4.69) is 36.6 Å². The molecule has 25 heavy (non-hydrogen) atoms. The molecule has 2 aliphatic carbocycles. The fourth-order valence-corrected chi connectivity index (χ4v) is 4.45. The molecule has 1 aliphatic heterocycles. The number of nitrogens with one attached hydrogen (secondary N) is 2. The van der Waals surface area contributed by atoms with Crippen LogP contribution in [0.4, 0.5) is 0 Å². The van der Waals surface area contributed by atoms with E-state index in [1.54, 1.807) is 0 Å². The van der Waals surface area contributed by atoms with Crippen molar-refractivity contribution in [3.05, 3.63) is 0 Å². The van der Waals surface area contributed by atoms with Gasteiger partial charge in [0.1, 0.15) is 0 Å². The quantitative estimate of drug-likeness (QED) is 0.592. The standard InChI is InChI=1S/C18H27N3O4/c1-17(2)12-6-7-18(17,3)13(8-12)20-21-15(23)10-25-16(24)11-4-5-14(22)19-9-11/h11-12H,4-10H2,1-3H3,(H,19,22)(H,21,23)/t11-,12-,18+/m0/s1. The Morgan fingerprint density at radius 3 is 2.64 bits per heavy atom. The first-order valence-electron chi connectivity index (χ1n) is 9.03. The van der Waals surface area contributed by atoms with E-state index in [9.17, 15) is 14.4 Å². The molecule has 2 N–H and O–H groups in total. The predicted molar refractivity (Wildman–Crippen MR) is 91.5 cm³/mol. The van der Waals surface area contributed by atoms with E-state index in [-0.39, 0.29) is 35.8 Å². The zero-order valence-corrected chi connectivity index (χ0v) is 15.2. The van der Waals surface area contributed by atoms with Crippen LogP contribution in [0, 0.1) is 22.7 Å². The largest absolute Gasteiger partial charge is 0.455 e. The molecule has 138 valence electrons. The summed E-state index contributed by atoms with van der Waals surface area (Å²) in [6.07, 6.45) is 4.01. The molecule has 3 aliphatic rings. The van der Waals surface area contributed by atoms with Crippen molar-refractivity contribution in [1.82, 2.24) is 10.7 Å². The molecule has 0 radical (unpaired) electrons. The van der Waals surface area contributed by atoms with Crippen molar-refractivity contribution >= 4 is 23.5 Å². The molecule has 0 aromatic carbocycles. The van der Waals surface area contributed by atoms with Gasteiger partial charge in [0.2, 0.25) is 5.91 Å². The third kappa shape index (κ3) is 3.16. The summed E-state index contributed by atoms with van der Waals surface area (Å²) in [7, 11) is 0. The minimum atomic E-state index is -0.448. The van der Waals surface area contributed by atoms with E-state index in [0.717, 1.165) is 18.6 Å². The summed E-state index contributed by atoms with van der Waals surface area (Å²) in [6.45, 7) is 6.71. The van der Waals surface area contributed by atoms with Gasteiger partial charge in [0.05, 0.1) is 5.92 Å². The lowest BCUT2D eigenvalue weighted by Crippen LogP contribution is -2.40. The van der Waals surface area contributed by atoms with E-state index >= 15 is 0 Å². The molecule has 2 saturated carbocycles. The summed E-state index contributed by atoms with van der Waals surface area (Å²) in [6, 6.07) is 0. The van der Waals surface area contributed by atoms with E-state index in [4.69, 9.17) is 4.74 Å². The van der Waals surface area contributed by atoms with Crippen LogP contribution in [0.25, 0.3) is 0 Å².